The fraction of sp³-hybridized carbons (Fsp3) is 0.174. The molecule has 35 heavy (non-hydrogen) atoms. The molecule has 0 aliphatic carbocycles. The smallest absolute Gasteiger partial charge is 0.243 e. The molecule has 0 radical (unpaired) electrons. The van der Waals surface area contributed by atoms with Gasteiger partial charge in [-0.1, -0.05) is 35.9 Å². The summed E-state index contributed by atoms with van der Waals surface area (Å²) in [6.07, 6.45) is 1.07. The fourth-order valence-electron chi connectivity index (χ4n) is 3.17. The van der Waals surface area contributed by atoms with Crippen LogP contribution in [0.3, 0.4) is 0 Å². The summed E-state index contributed by atoms with van der Waals surface area (Å²) in [5, 5.41) is 5.37. The predicted molar refractivity (Wildman–Crippen MR) is 137 cm³/mol. The average molecular weight is 538 g/mol. The van der Waals surface area contributed by atoms with Crippen LogP contribution in [0.1, 0.15) is 0 Å². The lowest BCUT2D eigenvalue weighted by Crippen LogP contribution is -2.25. The van der Waals surface area contributed by atoms with Crippen molar-refractivity contribution in [1.29, 1.82) is 0 Å². The fourth-order valence-corrected chi connectivity index (χ4v) is 5.73. The molecule has 0 aliphatic heterocycles. The third-order valence-corrected chi connectivity index (χ3v) is 8.58. The second-order valence-corrected chi connectivity index (χ2v) is 11.7. The Hall–Kier alpha value is -3.28. The van der Waals surface area contributed by atoms with Gasteiger partial charge in [-0.25, -0.2) is 16.8 Å². The summed E-state index contributed by atoms with van der Waals surface area (Å²) in [5.74, 6) is -0.317. The number of hydrogen-bond donors (Lipinski definition) is 2. The molecule has 9 nitrogen and oxygen atoms in total. The largest absolute Gasteiger partial charge is 0.495 e. The minimum absolute atomic E-state index is 0.0365. The van der Waals surface area contributed by atoms with E-state index in [2.05, 4.69) is 10.6 Å². The first-order valence-corrected chi connectivity index (χ1v) is 13.9. The van der Waals surface area contributed by atoms with Gasteiger partial charge in [0, 0.05) is 12.7 Å². The average Bonchev–Trinajstić information content (AvgIpc) is 2.82. The second-order valence-electron chi connectivity index (χ2n) is 7.46. The number of sulfonamides is 1. The van der Waals surface area contributed by atoms with Crippen molar-refractivity contribution in [2.75, 3.05) is 41.9 Å². The van der Waals surface area contributed by atoms with Crippen LogP contribution >= 0.6 is 11.6 Å². The van der Waals surface area contributed by atoms with Gasteiger partial charge in [-0.2, -0.15) is 0 Å². The number of nitrogens with zero attached hydrogens (tertiary/aromatic N) is 1. The van der Waals surface area contributed by atoms with E-state index in [1.165, 1.54) is 44.5 Å². The third kappa shape index (κ3) is 6.05. The van der Waals surface area contributed by atoms with Gasteiger partial charge in [-0.15, -0.1) is 0 Å². The molecular formula is C23H24ClN3O6S2. The lowest BCUT2D eigenvalue weighted by molar-refractivity contribution is -0.114. The molecule has 0 spiro atoms. The van der Waals surface area contributed by atoms with Crippen LogP contribution in [0.25, 0.3) is 0 Å². The molecule has 1 amide bonds. The molecule has 12 heteroatoms. The molecule has 186 valence electrons. The predicted octanol–water partition coefficient (Wildman–Crippen LogP) is 3.63. The van der Waals surface area contributed by atoms with Gasteiger partial charge in [-0.3, -0.25) is 9.10 Å². The lowest BCUT2D eigenvalue weighted by atomic mass is 10.2. The Morgan fingerprint density at radius 2 is 1.69 bits per heavy atom. The molecule has 2 N–H and O–H groups in total. The summed E-state index contributed by atoms with van der Waals surface area (Å²) in [7, 11) is -4.73. The molecule has 0 aliphatic rings. The number of carbonyl (C=O) groups excluding carboxylic acids is 1. The summed E-state index contributed by atoms with van der Waals surface area (Å²) < 4.78 is 56.5. The number of ether oxygens (including phenoxy) is 1. The normalized spacial score (nSPS) is 11.5. The van der Waals surface area contributed by atoms with Crippen molar-refractivity contribution < 1.29 is 26.4 Å². The molecular weight excluding hydrogens is 514 g/mol. The summed E-state index contributed by atoms with van der Waals surface area (Å²) in [6.45, 7) is -0.286. The van der Waals surface area contributed by atoms with Crippen molar-refractivity contribution in [1.82, 2.24) is 0 Å². The zero-order valence-electron chi connectivity index (χ0n) is 19.1. The Morgan fingerprint density at radius 3 is 2.31 bits per heavy atom. The number of rotatable bonds is 9. The van der Waals surface area contributed by atoms with Gasteiger partial charge >= 0.3 is 0 Å². The summed E-state index contributed by atoms with van der Waals surface area (Å²) in [4.78, 5) is 12.4. The molecule has 0 saturated heterocycles. The van der Waals surface area contributed by atoms with Crippen LogP contribution in [-0.2, 0) is 24.7 Å². The standard InChI is InChI=1S/C23H24ClN3O6S2/c1-27(34(3,29)30)17-9-7-8-16(14-17)26-21(28)15-25-19-12-13-20(33-2)22(24)23(19)35(31,32)18-10-5-4-6-11-18/h4-14,25H,15H2,1-3H3,(H,26,28). The zero-order valence-corrected chi connectivity index (χ0v) is 21.5. The van der Waals surface area contributed by atoms with E-state index in [0.717, 1.165) is 10.6 Å². The number of hydrogen-bond acceptors (Lipinski definition) is 7. The van der Waals surface area contributed by atoms with Crippen LogP contribution < -0.4 is 19.7 Å². The maximum atomic E-state index is 13.3. The van der Waals surface area contributed by atoms with Gasteiger partial charge in [-0.05, 0) is 42.5 Å². The SMILES string of the molecule is COc1ccc(NCC(=O)Nc2cccc(N(C)S(C)(=O)=O)c2)c(S(=O)(=O)c2ccccc2)c1Cl. The van der Waals surface area contributed by atoms with E-state index >= 15 is 0 Å². The molecule has 3 aromatic rings. The molecule has 0 atom stereocenters. The number of anilines is 3. The Bertz CT molecular complexity index is 1450. The number of halogens is 1. The van der Waals surface area contributed by atoms with E-state index < -0.39 is 25.8 Å². The summed E-state index contributed by atoms with van der Waals surface area (Å²) >= 11 is 6.38. The van der Waals surface area contributed by atoms with Gasteiger partial charge in [0.15, 0.2) is 0 Å². The van der Waals surface area contributed by atoms with Gasteiger partial charge in [0.1, 0.15) is 15.7 Å². The molecule has 0 unspecified atom stereocenters. The Morgan fingerprint density at radius 1 is 1.00 bits per heavy atom. The molecule has 3 aromatic carbocycles. The van der Waals surface area contributed by atoms with Crippen LogP contribution in [0.15, 0.2) is 76.5 Å². The highest BCUT2D eigenvalue weighted by Crippen LogP contribution is 2.39. The van der Waals surface area contributed by atoms with Crippen molar-refractivity contribution in [3.8, 4) is 5.75 Å². The zero-order chi connectivity index (χ0) is 25.8. The number of carbonyl (C=O) groups is 1. The van der Waals surface area contributed by atoms with Gasteiger partial charge in [0.25, 0.3) is 0 Å². The molecule has 0 heterocycles. The van der Waals surface area contributed by atoms with Crippen molar-refractivity contribution in [2.45, 2.75) is 9.79 Å². The Kier molecular flexibility index (Phi) is 7.93. The second kappa shape index (κ2) is 10.5. The van der Waals surface area contributed by atoms with E-state index in [9.17, 15) is 21.6 Å². The summed E-state index contributed by atoms with van der Waals surface area (Å²) in [5.41, 5.74) is 0.867. The Labute approximate surface area is 209 Å². The minimum Gasteiger partial charge on any atom is -0.495 e. The maximum absolute atomic E-state index is 13.3. The first kappa shape index (κ1) is 26.3. The number of sulfone groups is 1. The monoisotopic (exact) mass is 537 g/mol. The van der Waals surface area contributed by atoms with Crippen molar-refractivity contribution in [3.63, 3.8) is 0 Å². The van der Waals surface area contributed by atoms with E-state index in [1.54, 1.807) is 36.4 Å². The van der Waals surface area contributed by atoms with E-state index in [4.69, 9.17) is 16.3 Å². The minimum atomic E-state index is -4.04. The number of nitrogens with one attached hydrogen (secondary N) is 2. The number of methoxy groups -OCH3 is 1. The van der Waals surface area contributed by atoms with Gasteiger partial charge in [0.2, 0.25) is 25.8 Å². The third-order valence-electron chi connectivity index (χ3n) is 5.03. The highest BCUT2D eigenvalue weighted by Gasteiger charge is 2.27. The molecule has 3 rings (SSSR count). The van der Waals surface area contributed by atoms with Crippen LogP contribution in [0.5, 0.6) is 5.75 Å². The Balaban J connectivity index is 1.84. The van der Waals surface area contributed by atoms with Crippen LogP contribution in [-0.4, -0.2) is 49.7 Å². The molecule has 0 fully saturated rings. The molecule has 0 aromatic heterocycles. The topological polar surface area (TPSA) is 122 Å². The van der Waals surface area contributed by atoms with Crippen LogP contribution in [0.4, 0.5) is 17.1 Å². The van der Waals surface area contributed by atoms with Crippen molar-refractivity contribution >= 4 is 54.4 Å². The van der Waals surface area contributed by atoms with Crippen LogP contribution in [0, 0.1) is 0 Å². The number of amides is 1. The van der Waals surface area contributed by atoms with E-state index in [1.807, 2.05) is 0 Å². The lowest BCUT2D eigenvalue weighted by Gasteiger charge is -2.18. The maximum Gasteiger partial charge on any atom is 0.243 e. The first-order valence-electron chi connectivity index (χ1n) is 10.2. The van der Waals surface area contributed by atoms with Crippen LogP contribution in [0.2, 0.25) is 5.02 Å². The van der Waals surface area contributed by atoms with Crippen molar-refractivity contribution in [3.05, 3.63) is 71.8 Å². The molecule has 0 saturated carbocycles. The highest BCUT2D eigenvalue weighted by atomic mass is 35.5. The molecule has 0 bridgehead atoms. The van der Waals surface area contributed by atoms with Gasteiger partial charge < -0.3 is 15.4 Å². The quantitative estimate of drug-likeness (QED) is 0.427. The van der Waals surface area contributed by atoms with Gasteiger partial charge in [0.05, 0.1) is 36.2 Å². The van der Waals surface area contributed by atoms with Crippen molar-refractivity contribution in [2.24, 2.45) is 0 Å². The first-order chi connectivity index (χ1) is 16.4. The highest BCUT2D eigenvalue weighted by molar-refractivity contribution is 7.92. The summed E-state index contributed by atoms with van der Waals surface area (Å²) in [6, 6.07) is 17.0. The van der Waals surface area contributed by atoms with E-state index in [-0.39, 0.29) is 32.8 Å². The van der Waals surface area contributed by atoms with E-state index in [0.29, 0.717) is 11.4 Å². The number of benzene rings is 3.